The Bertz CT molecular complexity index is 1100. The normalized spacial score (nSPS) is 14.1. The van der Waals surface area contributed by atoms with E-state index in [0.717, 1.165) is 19.3 Å². The van der Waals surface area contributed by atoms with Gasteiger partial charge in [-0.15, -0.1) is 11.8 Å². The number of carbonyl (C=O) groups excluding carboxylic acids is 2. The molecule has 0 fully saturated rings. The quantitative estimate of drug-likeness (QED) is 0.409. The molecular weight excluding hydrogens is 413 g/mol. The SMILES string of the molecule is CCCCc1ccc(N2C(=O)C(SCc3ccco3)=C(c3ccc(F)cc3)C2=O)cc1. The minimum Gasteiger partial charge on any atom is -0.468 e. The summed E-state index contributed by atoms with van der Waals surface area (Å²) in [5, 5.41) is 0. The molecule has 1 aliphatic rings. The topological polar surface area (TPSA) is 50.5 Å². The van der Waals surface area contributed by atoms with Gasteiger partial charge in [0.25, 0.3) is 11.8 Å². The number of halogens is 1. The largest absolute Gasteiger partial charge is 0.468 e. The maximum absolute atomic E-state index is 13.5. The lowest BCUT2D eigenvalue weighted by Gasteiger charge is -2.16. The van der Waals surface area contributed by atoms with Crippen LogP contribution >= 0.6 is 11.8 Å². The molecule has 0 aliphatic carbocycles. The molecule has 2 amide bonds. The van der Waals surface area contributed by atoms with Gasteiger partial charge in [0.05, 0.1) is 28.2 Å². The van der Waals surface area contributed by atoms with Crippen LogP contribution in [0, 0.1) is 5.82 Å². The first kappa shape index (κ1) is 21.1. The standard InChI is InChI=1S/C25H22FNO3S/c1-2-3-5-17-7-13-20(14-8-17)27-24(28)22(18-9-11-19(26)12-10-18)23(25(27)29)31-16-21-6-4-15-30-21/h4,6-15H,2-3,5,16H2,1H3. The van der Waals surface area contributed by atoms with Crippen molar-refractivity contribution in [3.05, 3.63) is 94.5 Å². The second kappa shape index (κ2) is 9.35. The lowest BCUT2D eigenvalue weighted by atomic mass is 10.1. The van der Waals surface area contributed by atoms with E-state index in [1.54, 1.807) is 12.3 Å². The van der Waals surface area contributed by atoms with E-state index in [0.29, 0.717) is 27.7 Å². The van der Waals surface area contributed by atoms with Gasteiger partial charge in [0.2, 0.25) is 0 Å². The number of aryl methyl sites for hydroxylation is 1. The van der Waals surface area contributed by atoms with E-state index in [1.165, 1.54) is 46.5 Å². The number of benzene rings is 2. The summed E-state index contributed by atoms with van der Waals surface area (Å²) in [5.74, 6) is -0.0574. The first-order valence-electron chi connectivity index (χ1n) is 10.2. The summed E-state index contributed by atoms with van der Waals surface area (Å²) in [6.45, 7) is 2.14. The average Bonchev–Trinajstić information content (AvgIpc) is 3.38. The highest BCUT2D eigenvalue weighted by atomic mass is 32.2. The van der Waals surface area contributed by atoms with E-state index in [4.69, 9.17) is 4.42 Å². The van der Waals surface area contributed by atoms with Crippen molar-refractivity contribution in [3.63, 3.8) is 0 Å². The van der Waals surface area contributed by atoms with Gasteiger partial charge in [0.1, 0.15) is 11.6 Å². The molecule has 0 saturated heterocycles. The monoisotopic (exact) mass is 435 g/mol. The second-order valence-corrected chi connectivity index (χ2v) is 8.28. The molecular formula is C25H22FNO3S. The minimum atomic E-state index is -0.403. The fraction of sp³-hybridized carbons (Fsp3) is 0.200. The van der Waals surface area contributed by atoms with Crippen LogP contribution in [0.1, 0.15) is 36.7 Å². The van der Waals surface area contributed by atoms with Gasteiger partial charge in [-0.25, -0.2) is 9.29 Å². The van der Waals surface area contributed by atoms with Crippen molar-refractivity contribution in [2.75, 3.05) is 4.90 Å². The fourth-order valence-electron chi connectivity index (χ4n) is 3.48. The summed E-state index contributed by atoms with van der Waals surface area (Å²) in [4.78, 5) is 28.2. The second-order valence-electron chi connectivity index (χ2n) is 7.29. The zero-order chi connectivity index (χ0) is 21.8. The molecule has 1 aliphatic heterocycles. The lowest BCUT2D eigenvalue weighted by molar-refractivity contribution is -0.119. The molecule has 1 aromatic heterocycles. The molecule has 0 bridgehead atoms. The van der Waals surface area contributed by atoms with Crippen molar-refractivity contribution in [2.45, 2.75) is 31.9 Å². The summed E-state index contributed by atoms with van der Waals surface area (Å²) in [5.41, 5.74) is 2.51. The number of hydrogen-bond acceptors (Lipinski definition) is 4. The fourth-order valence-corrected chi connectivity index (χ4v) is 4.49. The maximum atomic E-state index is 13.5. The molecule has 4 rings (SSSR count). The lowest BCUT2D eigenvalue weighted by Crippen LogP contribution is -2.31. The van der Waals surface area contributed by atoms with E-state index in [2.05, 4.69) is 6.92 Å². The van der Waals surface area contributed by atoms with Crippen LogP contribution in [0.5, 0.6) is 0 Å². The molecule has 31 heavy (non-hydrogen) atoms. The molecule has 158 valence electrons. The molecule has 0 unspecified atom stereocenters. The van der Waals surface area contributed by atoms with Gasteiger partial charge < -0.3 is 4.42 Å². The van der Waals surface area contributed by atoms with Crippen LogP contribution in [0.15, 0.2) is 76.2 Å². The third-order valence-electron chi connectivity index (χ3n) is 5.13. The summed E-state index contributed by atoms with van der Waals surface area (Å²) >= 11 is 1.25. The van der Waals surface area contributed by atoms with E-state index in [1.807, 2.05) is 30.3 Å². The van der Waals surface area contributed by atoms with Gasteiger partial charge in [-0.3, -0.25) is 9.59 Å². The van der Waals surface area contributed by atoms with Crippen LogP contribution < -0.4 is 4.90 Å². The Hall–Kier alpha value is -3.12. The van der Waals surface area contributed by atoms with Crippen LogP contribution in [0.3, 0.4) is 0 Å². The molecule has 2 heterocycles. The zero-order valence-electron chi connectivity index (χ0n) is 17.1. The number of hydrogen-bond donors (Lipinski definition) is 0. The highest BCUT2D eigenvalue weighted by Crippen LogP contribution is 2.39. The van der Waals surface area contributed by atoms with Gasteiger partial charge in [0.15, 0.2) is 0 Å². The molecule has 3 aromatic rings. The summed E-state index contributed by atoms with van der Waals surface area (Å²) in [6.07, 6.45) is 4.72. The number of nitrogens with zero attached hydrogens (tertiary/aromatic N) is 1. The van der Waals surface area contributed by atoms with E-state index >= 15 is 0 Å². The molecule has 0 spiro atoms. The number of anilines is 1. The van der Waals surface area contributed by atoms with Crippen LogP contribution in [-0.4, -0.2) is 11.8 Å². The van der Waals surface area contributed by atoms with E-state index in [-0.39, 0.29) is 11.5 Å². The number of thioether (sulfide) groups is 1. The van der Waals surface area contributed by atoms with Gasteiger partial charge >= 0.3 is 0 Å². The maximum Gasteiger partial charge on any atom is 0.272 e. The number of furan rings is 1. The predicted molar refractivity (Wildman–Crippen MR) is 121 cm³/mol. The van der Waals surface area contributed by atoms with Crippen LogP contribution in [0.2, 0.25) is 0 Å². The predicted octanol–water partition coefficient (Wildman–Crippen LogP) is 5.98. The molecule has 0 saturated carbocycles. The van der Waals surface area contributed by atoms with Gasteiger partial charge in [-0.2, -0.15) is 0 Å². The van der Waals surface area contributed by atoms with Crippen LogP contribution in [0.4, 0.5) is 10.1 Å². The first-order chi connectivity index (χ1) is 15.1. The highest BCUT2D eigenvalue weighted by Gasteiger charge is 2.40. The number of imide groups is 1. The first-order valence-corrected chi connectivity index (χ1v) is 11.2. The highest BCUT2D eigenvalue weighted by molar-refractivity contribution is 8.03. The van der Waals surface area contributed by atoms with Crippen LogP contribution in [0.25, 0.3) is 5.57 Å². The third kappa shape index (κ3) is 4.49. The Labute approximate surface area is 184 Å². The molecule has 6 heteroatoms. The Morgan fingerprint density at radius 2 is 1.71 bits per heavy atom. The van der Waals surface area contributed by atoms with Gasteiger partial charge in [0, 0.05) is 0 Å². The molecule has 4 nitrogen and oxygen atoms in total. The molecule has 2 aromatic carbocycles. The third-order valence-corrected chi connectivity index (χ3v) is 6.22. The molecule has 0 atom stereocenters. The zero-order valence-corrected chi connectivity index (χ0v) is 18.0. The smallest absolute Gasteiger partial charge is 0.272 e. The molecule has 0 radical (unpaired) electrons. The van der Waals surface area contributed by atoms with E-state index in [9.17, 15) is 14.0 Å². The van der Waals surface area contributed by atoms with Crippen molar-refractivity contribution < 1.29 is 18.4 Å². The Morgan fingerprint density at radius 1 is 0.968 bits per heavy atom. The Balaban J connectivity index is 1.66. The summed E-state index contributed by atoms with van der Waals surface area (Å²) in [7, 11) is 0. The van der Waals surface area contributed by atoms with Crippen molar-refractivity contribution in [3.8, 4) is 0 Å². The van der Waals surface area contributed by atoms with Crippen molar-refractivity contribution in [2.24, 2.45) is 0 Å². The average molecular weight is 436 g/mol. The Morgan fingerprint density at radius 3 is 2.35 bits per heavy atom. The summed E-state index contributed by atoms with van der Waals surface area (Å²) < 4.78 is 18.8. The van der Waals surface area contributed by atoms with Crippen molar-refractivity contribution >= 4 is 34.8 Å². The van der Waals surface area contributed by atoms with E-state index < -0.39 is 11.7 Å². The van der Waals surface area contributed by atoms with Gasteiger partial charge in [-0.1, -0.05) is 37.6 Å². The number of rotatable bonds is 8. The van der Waals surface area contributed by atoms with Gasteiger partial charge in [-0.05, 0) is 60.4 Å². The van der Waals surface area contributed by atoms with Crippen LogP contribution in [-0.2, 0) is 21.8 Å². The summed E-state index contributed by atoms with van der Waals surface area (Å²) in [6, 6.07) is 16.8. The minimum absolute atomic E-state index is 0.289. The van der Waals surface area contributed by atoms with Crippen molar-refractivity contribution in [1.82, 2.24) is 0 Å². The number of carbonyl (C=O) groups is 2. The Kier molecular flexibility index (Phi) is 6.37. The number of amides is 2. The molecule has 0 N–H and O–H groups in total. The van der Waals surface area contributed by atoms with Crippen molar-refractivity contribution in [1.29, 1.82) is 0 Å². The number of unbranched alkanes of at least 4 members (excludes halogenated alkanes) is 1.